The van der Waals surface area contributed by atoms with Crippen LogP contribution in [0.5, 0.6) is 0 Å². The third-order valence-corrected chi connectivity index (χ3v) is 5.74. The maximum atomic E-state index is 13.3. The summed E-state index contributed by atoms with van der Waals surface area (Å²) in [6.07, 6.45) is 2.14. The molecule has 0 aromatic heterocycles. The predicted octanol–water partition coefficient (Wildman–Crippen LogP) is 1.23. The number of urea groups is 1. The molecule has 3 amide bonds. The Kier molecular flexibility index (Phi) is 5.04. The Morgan fingerprint density at radius 3 is 2.48 bits per heavy atom. The van der Waals surface area contributed by atoms with Crippen LogP contribution in [0.2, 0.25) is 0 Å². The van der Waals surface area contributed by atoms with Gasteiger partial charge in [0.15, 0.2) is 12.2 Å². The minimum Gasteiger partial charge on any atom is -0.313 e. The second kappa shape index (κ2) is 7.51. The van der Waals surface area contributed by atoms with Crippen LogP contribution in [-0.2, 0) is 11.2 Å². The molecule has 0 spiro atoms. The first kappa shape index (κ1) is 19.4. The van der Waals surface area contributed by atoms with E-state index in [1.165, 1.54) is 4.90 Å². The van der Waals surface area contributed by atoms with Crippen molar-refractivity contribution in [3.63, 3.8) is 0 Å². The third kappa shape index (κ3) is 3.37. The summed E-state index contributed by atoms with van der Waals surface area (Å²) in [5, 5.41) is 0. The van der Waals surface area contributed by atoms with Gasteiger partial charge in [-0.1, -0.05) is 30.3 Å². The molecule has 0 N–H and O–H groups in total. The summed E-state index contributed by atoms with van der Waals surface area (Å²) in [5.74, 6) is 0.587. The highest BCUT2D eigenvalue weighted by atomic mass is 16.2. The van der Waals surface area contributed by atoms with E-state index in [-0.39, 0.29) is 11.9 Å². The monoisotopic (exact) mass is 396 g/mol. The van der Waals surface area contributed by atoms with Crippen LogP contribution in [0.4, 0.5) is 4.79 Å². The van der Waals surface area contributed by atoms with Gasteiger partial charge >= 0.3 is 6.03 Å². The van der Waals surface area contributed by atoms with Crippen molar-refractivity contribution in [2.45, 2.75) is 25.6 Å². The maximum absolute atomic E-state index is 13.3. The van der Waals surface area contributed by atoms with Crippen molar-refractivity contribution in [2.24, 2.45) is 4.99 Å². The predicted molar refractivity (Wildman–Crippen MR) is 111 cm³/mol. The molecule has 2 unspecified atom stereocenters. The summed E-state index contributed by atoms with van der Waals surface area (Å²) in [6.45, 7) is 4.05. The van der Waals surface area contributed by atoms with Gasteiger partial charge in [0.05, 0.1) is 0 Å². The highest BCUT2D eigenvalue weighted by molar-refractivity contribution is 6.04. The zero-order valence-electron chi connectivity index (χ0n) is 17.4. The van der Waals surface area contributed by atoms with Crippen molar-refractivity contribution in [3.05, 3.63) is 47.8 Å². The molecule has 3 aliphatic heterocycles. The number of likely N-dealkylation sites (N-methyl/N-ethyl adjacent to an activating group) is 2. The van der Waals surface area contributed by atoms with Crippen molar-refractivity contribution < 1.29 is 9.59 Å². The third-order valence-electron chi connectivity index (χ3n) is 5.74. The molecule has 154 valence electrons. The minimum absolute atomic E-state index is 0.175. The Morgan fingerprint density at radius 1 is 1.07 bits per heavy atom. The van der Waals surface area contributed by atoms with Gasteiger partial charge in [-0.05, 0) is 33.0 Å². The lowest BCUT2D eigenvalue weighted by molar-refractivity contribution is -0.136. The Balaban J connectivity index is 1.53. The SMILES string of the molecule is CC1=CN2C(=NC3C2C(=O)N(CCc2ccccc2)C(=O)N3C)N1CCN(C)C. The van der Waals surface area contributed by atoms with Crippen molar-refractivity contribution in [2.75, 3.05) is 40.8 Å². The Labute approximate surface area is 171 Å². The van der Waals surface area contributed by atoms with E-state index in [1.807, 2.05) is 62.5 Å². The molecule has 3 heterocycles. The molecule has 0 bridgehead atoms. The largest absolute Gasteiger partial charge is 0.328 e. The number of nitrogens with zero attached hydrogens (tertiary/aromatic N) is 6. The number of fused-ring (bicyclic) bond motifs is 3. The van der Waals surface area contributed by atoms with Crippen molar-refractivity contribution in [1.82, 2.24) is 24.5 Å². The fourth-order valence-electron chi connectivity index (χ4n) is 4.07. The molecule has 1 aromatic carbocycles. The molecule has 1 aromatic rings. The van der Waals surface area contributed by atoms with E-state index in [0.29, 0.717) is 13.0 Å². The van der Waals surface area contributed by atoms with Gasteiger partial charge in [0, 0.05) is 38.6 Å². The van der Waals surface area contributed by atoms with E-state index >= 15 is 0 Å². The number of carbonyl (C=O) groups is 2. The van der Waals surface area contributed by atoms with Crippen LogP contribution in [0.15, 0.2) is 47.2 Å². The zero-order valence-corrected chi connectivity index (χ0v) is 17.4. The second-order valence-corrected chi connectivity index (χ2v) is 8.04. The molecule has 2 atom stereocenters. The van der Waals surface area contributed by atoms with Crippen LogP contribution in [0, 0.1) is 0 Å². The van der Waals surface area contributed by atoms with Crippen LogP contribution in [0.25, 0.3) is 0 Å². The first-order chi connectivity index (χ1) is 13.9. The van der Waals surface area contributed by atoms with Gasteiger partial charge in [0.2, 0.25) is 5.96 Å². The Bertz CT molecular complexity index is 865. The fourth-order valence-corrected chi connectivity index (χ4v) is 4.07. The average Bonchev–Trinajstić information content (AvgIpc) is 3.20. The summed E-state index contributed by atoms with van der Waals surface area (Å²) in [4.78, 5) is 40.1. The van der Waals surface area contributed by atoms with Crippen molar-refractivity contribution in [1.29, 1.82) is 0 Å². The van der Waals surface area contributed by atoms with Gasteiger partial charge in [-0.2, -0.15) is 0 Å². The number of benzene rings is 1. The first-order valence-electron chi connectivity index (χ1n) is 9.97. The van der Waals surface area contributed by atoms with Gasteiger partial charge in [-0.15, -0.1) is 0 Å². The van der Waals surface area contributed by atoms with Gasteiger partial charge in [0.25, 0.3) is 5.91 Å². The quantitative estimate of drug-likeness (QED) is 0.724. The lowest BCUT2D eigenvalue weighted by Crippen LogP contribution is -2.64. The molecule has 8 heteroatoms. The van der Waals surface area contributed by atoms with Gasteiger partial charge in [0.1, 0.15) is 0 Å². The number of guanidine groups is 1. The van der Waals surface area contributed by atoms with Crippen LogP contribution in [0.3, 0.4) is 0 Å². The second-order valence-electron chi connectivity index (χ2n) is 8.04. The number of allylic oxidation sites excluding steroid dienone is 1. The van der Waals surface area contributed by atoms with Gasteiger partial charge < -0.3 is 19.6 Å². The zero-order chi connectivity index (χ0) is 20.7. The number of aliphatic imine (C=N–C) groups is 1. The van der Waals surface area contributed by atoms with E-state index in [9.17, 15) is 9.59 Å². The standard InChI is InChI=1S/C21H28N6O2/c1-15-14-27-17-18(22-20(27)25(15)13-12-23(2)3)24(4)21(29)26(19(17)28)11-10-16-8-6-5-7-9-16/h5-9,14,17-18H,10-13H2,1-4H3. The lowest BCUT2D eigenvalue weighted by Gasteiger charge is -2.40. The summed E-state index contributed by atoms with van der Waals surface area (Å²) in [5.41, 5.74) is 2.17. The van der Waals surface area contributed by atoms with Gasteiger partial charge in [-0.3, -0.25) is 9.69 Å². The molecule has 0 saturated carbocycles. The molecule has 29 heavy (non-hydrogen) atoms. The molecule has 8 nitrogen and oxygen atoms in total. The Morgan fingerprint density at radius 2 is 1.79 bits per heavy atom. The number of carbonyl (C=O) groups excluding carboxylic acids is 2. The van der Waals surface area contributed by atoms with E-state index in [2.05, 4.69) is 9.80 Å². The highest BCUT2D eigenvalue weighted by Gasteiger charge is 2.54. The first-order valence-corrected chi connectivity index (χ1v) is 9.97. The van der Waals surface area contributed by atoms with Gasteiger partial charge in [-0.25, -0.2) is 9.79 Å². The number of rotatable bonds is 6. The van der Waals surface area contributed by atoms with Crippen molar-refractivity contribution >= 4 is 17.9 Å². The number of hydrogen-bond donors (Lipinski definition) is 0. The van der Waals surface area contributed by atoms with E-state index < -0.39 is 12.2 Å². The minimum atomic E-state index is -0.497. The van der Waals surface area contributed by atoms with Crippen LogP contribution < -0.4 is 0 Å². The summed E-state index contributed by atoms with van der Waals surface area (Å²) in [6, 6.07) is 9.14. The number of amides is 3. The summed E-state index contributed by atoms with van der Waals surface area (Å²) in [7, 11) is 5.79. The summed E-state index contributed by atoms with van der Waals surface area (Å²) < 4.78 is 0. The smallest absolute Gasteiger partial charge is 0.313 e. The van der Waals surface area contributed by atoms with E-state index in [4.69, 9.17) is 4.99 Å². The number of imide groups is 1. The number of hydrogen-bond acceptors (Lipinski definition) is 6. The molecule has 0 aliphatic carbocycles. The fraction of sp³-hybridized carbons (Fsp3) is 0.476. The molecular formula is C21H28N6O2. The topological polar surface area (TPSA) is 62.7 Å². The molecule has 1 saturated heterocycles. The average molecular weight is 396 g/mol. The van der Waals surface area contributed by atoms with Crippen LogP contribution in [-0.4, -0.2) is 95.4 Å². The van der Waals surface area contributed by atoms with E-state index in [0.717, 1.165) is 30.3 Å². The van der Waals surface area contributed by atoms with Crippen LogP contribution in [0.1, 0.15) is 12.5 Å². The Hall–Kier alpha value is -2.87. The van der Waals surface area contributed by atoms with Crippen LogP contribution >= 0.6 is 0 Å². The molecule has 4 rings (SSSR count). The highest BCUT2D eigenvalue weighted by Crippen LogP contribution is 2.33. The van der Waals surface area contributed by atoms with Crippen molar-refractivity contribution in [3.8, 4) is 0 Å². The summed E-state index contributed by atoms with van der Waals surface area (Å²) >= 11 is 0. The molecule has 1 fully saturated rings. The normalized spacial score (nSPS) is 23.6. The molecular weight excluding hydrogens is 368 g/mol. The maximum Gasteiger partial charge on any atom is 0.328 e. The molecule has 3 aliphatic rings. The molecule has 0 radical (unpaired) electrons. The lowest BCUT2D eigenvalue weighted by atomic mass is 10.1. The van der Waals surface area contributed by atoms with E-state index in [1.54, 1.807) is 11.9 Å².